The van der Waals surface area contributed by atoms with Crippen LogP contribution in [0.4, 0.5) is 17.1 Å². The van der Waals surface area contributed by atoms with Gasteiger partial charge in [0, 0.05) is 10.4 Å². The number of azo groups is 1. The van der Waals surface area contributed by atoms with Gasteiger partial charge >= 0.3 is 0 Å². The molecule has 196 valence electrons. The first kappa shape index (κ1) is 27.3. The Morgan fingerprint density at radius 3 is 2.47 bits per heavy atom. The van der Waals surface area contributed by atoms with E-state index in [-0.39, 0.29) is 32.7 Å². The van der Waals surface area contributed by atoms with Gasteiger partial charge in [0.25, 0.3) is 16.0 Å². The monoisotopic (exact) mass is 573 g/mol. The highest BCUT2D eigenvalue weighted by Crippen LogP contribution is 2.41. The average molecular weight is 574 g/mol. The van der Waals surface area contributed by atoms with E-state index in [1.54, 1.807) is 56.3 Å². The molecule has 0 saturated heterocycles. The zero-order valence-corrected chi connectivity index (χ0v) is 22.4. The van der Waals surface area contributed by atoms with Crippen LogP contribution in [0, 0.1) is 6.92 Å². The Labute approximate surface area is 228 Å². The molecule has 12 heteroatoms. The number of ether oxygens (including phenoxy) is 1. The van der Waals surface area contributed by atoms with Crippen LogP contribution in [-0.2, 0) is 10.1 Å². The number of phenols is 1. The predicted molar refractivity (Wildman–Crippen MR) is 146 cm³/mol. The lowest BCUT2D eigenvalue weighted by Crippen LogP contribution is -2.14. The van der Waals surface area contributed by atoms with Gasteiger partial charge in [-0.1, -0.05) is 53.5 Å². The second-order valence-corrected chi connectivity index (χ2v) is 10.3. The fourth-order valence-corrected chi connectivity index (χ4v) is 4.77. The summed E-state index contributed by atoms with van der Waals surface area (Å²) in [6, 6.07) is 15.6. The molecular weight excluding hydrogens is 553 g/mol. The van der Waals surface area contributed by atoms with Gasteiger partial charge in [-0.15, -0.1) is 10.2 Å². The number of hydrogen-bond donors (Lipinski definition) is 3. The van der Waals surface area contributed by atoms with Gasteiger partial charge in [-0.2, -0.15) is 8.42 Å². The number of fused-ring (bicyclic) bond motifs is 1. The van der Waals surface area contributed by atoms with Gasteiger partial charge < -0.3 is 15.2 Å². The van der Waals surface area contributed by atoms with Crippen LogP contribution in [0.1, 0.15) is 22.8 Å². The van der Waals surface area contributed by atoms with E-state index in [4.69, 9.17) is 27.9 Å². The third-order valence-electron chi connectivity index (χ3n) is 5.53. The number of aryl methyl sites for hydroxylation is 1. The molecule has 0 aromatic heterocycles. The summed E-state index contributed by atoms with van der Waals surface area (Å²) in [7, 11) is -4.66. The van der Waals surface area contributed by atoms with Crippen LogP contribution in [0.2, 0.25) is 10.0 Å². The molecule has 0 aliphatic rings. The van der Waals surface area contributed by atoms with Crippen molar-refractivity contribution in [3.8, 4) is 11.5 Å². The molecule has 9 nitrogen and oxygen atoms in total. The summed E-state index contributed by atoms with van der Waals surface area (Å²) in [5.41, 5.74) is 0.131. The van der Waals surface area contributed by atoms with E-state index in [2.05, 4.69) is 15.5 Å². The molecule has 3 N–H and O–H groups in total. The molecule has 0 aliphatic carbocycles. The zero-order chi connectivity index (χ0) is 27.6. The van der Waals surface area contributed by atoms with Gasteiger partial charge in [-0.05, 0) is 55.1 Å². The quantitative estimate of drug-likeness (QED) is 0.155. The number of rotatable bonds is 7. The van der Waals surface area contributed by atoms with Crippen molar-refractivity contribution in [2.45, 2.75) is 18.7 Å². The normalized spacial score (nSPS) is 11.7. The number of phenolic OH excluding ortho intramolecular Hbond substituents is 1. The number of benzene rings is 4. The van der Waals surface area contributed by atoms with Crippen LogP contribution in [0.25, 0.3) is 10.8 Å². The first-order valence-corrected chi connectivity index (χ1v) is 13.4. The molecule has 0 saturated carbocycles. The van der Waals surface area contributed by atoms with Gasteiger partial charge in [-0.25, -0.2) is 0 Å². The van der Waals surface area contributed by atoms with Crippen molar-refractivity contribution in [2.75, 3.05) is 11.9 Å². The van der Waals surface area contributed by atoms with Crippen LogP contribution in [0.5, 0.6) is 11.5 Å². The van der Waals surface area contributed by atoms with E-state index in [0.29, 0.717) is 28.7 Å². The molecule has 4 aromatic rings. The molecule has 4 aromatic carbocycles. The first-order chi connectivity index (χ1) is 18.0. The van der Waals surface area contributed by atoms with E-state index in [1.807, 2.05) is 0 Å². The number of amides is 1. The third-order valence-corrected chi connectivity index (χ3v) is 7.13. The maximum absolute atomic E-state index is 13.3. The molecule has 0 atom stereocenters. The molecule has 0 spiro atoms. The van der Waals surface area contributed by atoms with Crippen molar-refractivity contribution in [3.63, 3.8) is 0 Å². The van der Waals surface area contributed by atoms with Crippen LogP contribution >= 0.6 is 23.2 Å². The fraction of sp³-hybridized carbons (Fsp3) is 0.115. The molecule has 0 radical (unpaired) electrons. The summed E-state index contributed by atoms with van der Waals surface area (Å²) in [4.78, 5) is 12.8. The highest BCUT2D eigenvalue weighted by molar-refractivity contribution is 7.86. The Balaban J connectivity index is 1.84. The number of nitrogens with one attached hydrogen (secondary N) is 1. The summed E-state index contributed by atoms with van der Waals surface area (Å²) in [5, 5.41) is 23.2. The van der Waals surface area contributed by atoms with E-state index >= 15 is 0 Å². The lowest BCUT2D eigenvalue weighted by molar-refractivity contribution is 0.102. The van der Waals surface area contributed by atoms with Crippen molar-refractivity contribution in [3.05, 3.63) is 81.8 Å². The second kappa shape index (κ2) is 11.0. The lowest BCUT2D eigenvalue weighted by Gasteiger charge is -2.15. The third kappa shape index (κ3) is 5.58. The number of carbonyl (C=O) groups is 1. The Morgan fingerprint density at radius 2 is 1.76 bits per heavy atom. The largest absolute Gasteiger partial charge is 0.505 e. The Hall–Kier alpha value is -3.70. The van der Waals surface area contributed by atoms with E-state index < -0.39 is 26.7 Å². The number of anilines is 1. The molecule has 0 unspecified atom stereocenters. The fourth-order valence-electron chi connectivity index (χ4n) is 3.71. The maximum atomic E-state index is 13.3. The number of carbonyl (C=O) groups excluding carboxylic acids is 1. The number of nitrogens with zero attached hydrogens (tertiary/aromatic N) is 2. The standard InChI is InChI=1S/C26H21Cl2N3O6S/c1-3-37-21-10-6-9-18(27)24(21)29-26(33)17-12-15-7-4-5-8-16(15)23(25(17)32)31-30-20-13-19(28)14(2)11-22(20)38(34,35)36/h4-13,32H,3H2,1-2H3,(H,29,33)(H,34,35,36). The van der Waals surface area contributed by atoms with Gasteiger partial charge in [0.1, 0.15) is 27.7 Å². The van der Waals surface area contributed by atoms with Crippen molar-refractivity contribution in [1.29, 1.82) is 0 Å². The maximum Gasteiger partial charge on any atom is 0.296 e. The summed E-state index contributed by atoms with van der Waals surface area (Å²) in [5.74, 6) is -0.861. The Kier molecular flexibility index (Phi) is 7.89. The first-order valence-electron chi connectivity index (χ1n) is 11.2. The number of aromatic hydroxyl groups is 1. The Morgan fingerprint density at radius 1 is 1.03 bits per heavy atom. The van der Waals surface area contributed by atoms with Crippen molar-refractivity contribution in [2.24, 2.45) is 10.2 Å². The summed E-state index contributed by atoms with van der Waals surface area (Å²) >= 11 is 12.4. The molecule has 0 fully saturated rings. The van der Waals surface area contributed by atoms with Crippen LogP contribution in [0.3, 0.4) is 0 Å². The van der Waals surface area contributed by atoms with Crippen LogP contribution in [0.15, 0.2) is 75.8 Å². The molecule has 0 aliphatic heterocycles. The van der Waals surface area contributed by atoms with Crippen molar-refractivity contribution < 1.29 is 27.6 Å². The second-order valence-electron chi connectivity index (χ2n) is 8.09. The Bertz CT molecular complexity index is 1710. The smallest absolute Gasteiger partial charge is 0.296 e. The average Bonchev–Trinajstić information content (AvgIpc) is 2.86. The SMILES string of the molecule is CCOc1cccc(Cl)c1NC(=O)c1cc2ccccc2c(N=Nc2cc(Cl)c(C)cc2S(=O)(=O)O)c1O. The molecule has 1 amide bonds. The molecule has 4 rings (SSSR count). The number of hydrogen-bond acceptors (Lipinski definition) is 7. The van der Waals surface area contributed by atoms with E-state index in [0.717, 1.165) is 6.07 Å². The minimum absolute atomic E-state index is 0.101. The summed E-state index contributed by atoms with van der Waals surface area (Å²) in [6.07, 6.45) is 0. The van der Waals surface area contributed by atoms with Gasteiger partial charge in [0.2, 0.25) is 0 Å². The minimum atomic E-state index is -4.66. The van der Waals surface area contributed by atoms with Crippen molar-refractivity contribution in [1.82, 2.24) is 0 Å². The molecule has 0 heterocycles. The highest BCUT2D eigenvalue weighted by atomic mass is 35.5. The molecule has 0 bridgehead atoms. The van der Waals surface area contributed by atoms with E-state index in [9.17, 15) is 22.9 Å². The van der Waals surface area contributed by atoms with Gasteiger partial charge in [0.15, 0.2) is 5.75 Å². The molecule has 38 heavy (non-hydrogen) atoms. The highest BCUT2D eigenvalue weighted by Gasteiger charge is 2.22. The zero-order valence-electron chi connectivity index (χ0n) is 20.1. The van der Waals surface area contributed by atoms with Crippen LogP contribution in [-0.4, -0.2) is 30.6 Å². The summed E-state index contributed by atoms with van der Waals surface area (Å²) in [6.45, 7) is 3.69. The van der Waals surface area contributed by atoms with Crippen molar-refractivity contribution >= 4 is 67.1 Å². The topological polar surface area (TPSA) is 138 Å². The van der Waals surface area contributed by atoms with Crippen LogP contribution < -0.4 is 10.1 Å². The predicted octanol–water partition coefficient (Wildman–Crippen LogP) is 7.47. The number of halogens is 2. The van der Waals surface area contributed by atoms with Gasteiger partial charge in [0.05, 0.1) is 17.2 Å². The lowest BCUT2D eigenvalue weighted by atomic mass is 10.0. The minimum Gasteiger partial charge on any atom is -0.505 e. The number of para-hydroxylation sites is 1. The van der Waals surface area contributed by atoms with E-state index in [1.165, 1.54) is 12.1 Å². The molecular formula is C26H21Cl2N3O6S. The summed E-state index contributed by atoms with van der Waals surface area (Å²) < 4.78 is 39.0. The van der Waals surface area contributed by atoms with Gasteiger partial charge in [-0.3, -0.25) is 9.35 Å².